The average Bonchev–Trinajstić information content (AvgIpc) is 3.79. The first-order chi connectivity index (χ1) is 27.7. The fourth-order valence-corrected chi connectivity index (χ4v) is 8.68. The van der Waals surface area contributed by atoms with Crippen LogP contribution in [0.5, 0.6) is 0 Å². The number of nitrogens with zero attached hydrogens (tertiary/aromatic N) is 5. The second-order valence-electron chi connectivity index (χ2n) is 14.4. The topological polar surface area (TPSA) is 55.2 Å². The van der Waals surface area contributed by atoms with Gasteiger partial charge in [0.1, 0.15) is 0 Å². The zero-order chi connectivity index (χ0) is 37.4. The summed E-state index contributed by atoms with van der Waals surface area (Å²) in [7, 11) is 0. The lowest BCUT2D eigenvalue weighted by Crippen LogP contribution is -2.11. The highest BCUT2D eigenvalue weighted by Crippen LogP contribution is 2.48. The second kappa shape index (κ2) is 14.1. The van der Waals surface area contributed by atoms with Gasteiger partial charge in [0, 0.05) is 51.5 Å². The van der Waals surface area contributed by atoms with Crippen LogP contribution in [0.1, 0.15) is 28.2 Å². The number of azide groups is 1. The predicted octanol–water partition coefficient (Wildman–Crippen LogP) is 14.3. The highest BCUT2D eigenvalue weighted by Gasteiger charge is 2.29. The molecule has 56 heavy (non-hydrogen) atoms. The molecule has 0 radical (unpaired) electrons. The molecule has 266 valence electrons. The van der Waals surface area contributed by atoms with Gasteiger partial charge in [-0.3, -0.25) is 0 Å². The molecule has 0 amide bonds. The highest BCUT2D eigenvalue weighted by molar-refractivity contribution is 5.86. The number of hydrogen-bond donors (Lipinski definition) is 0. The normalized spacial score (nSPS) is 13.2. The molecule has 0 spiro atoms. The van der Waals surface area contributed by atoms with Crippen molar-refractivity contribution in [3.8, 4) is 33.4 Å². The quantitative estimate of drug-likeness (QED) is 0.0847. The Morgan fingerprint density at radius 1 is 0.429 bits per heavy atom. The molecule has 1 atom stereocenters. The molecule has 1 unspecified atom stereocenters. The number of anilines is 6. The van der Waals surface area contributed by atoms with Crippen molar-refractivity contribution < 1.29 is 0 Å². The van der Waals surface area contributed by atoms with E-state index in [0.717, 1.165) is 51.7 Å². The third kappa shape index (κ3) is 5.88. The van der Waals surface area contributed by atoms with Gasteiger partial charge in [0.05, 0.1) is 0 Å². The molecule has 0 aromatic heterocycles. The van der Waals surface area contributed by atoms with Crippen LogP contribution >= 0.6 is 0 Å². The lowest BCUT2D eigenvalue weighted by molar-refractivity contribution is 0.834. The van der Waals surface area contributed by atoms with Crippen molar-refractivity contribution in [2.75, 3.05) is 16.3 Å². The smallest absolute Gasteiger partial charge is 0.0465 e. The minimum absolute atomic E-state index is 0.0117. The van der Waals surface area contributed by atoms with Gasteiger partial charge in [-0.2, -0.15) is 0 Å². The molecule has 0 saturated heterocycles. The van der Waals surface area contributed by atoms with E-state index in [1.165, 1.54) is 44.5 Å². The Balaban J connectivity index is 0.970. The number of para-hydroxylation sites is 2. The van der Waals surface area contributed by atoms with Gasteiger partial charge in [-0.25, -0.2) is 0 Å². The molecule has 0 N–H and O–H groups in total. The summed E-state index contributed by atoms with van der Waals surface area (Å²) in [6, 6.07) is 69.6. The highest BCUT2D eigenvalue weighted by atomic mass is 15.1. The van der Waals surface area contributed by atoms with E-state index >= 15 is 0 Å². The Morgan fingerprint density at radius 3 is 1.52 bits per heavy atom. The maximum absolute atomic E-state index is 9.20. The van der Waals surface area contributed by atoms with Crippen LogP contribution in [0.25, 0.3) is 43.8 Å². The maximum Gasteiger partial charge on any atom is 0.0465 e. The van der Waals surface area contributed by atoms with E-state index in [1.807, 2.05) is 6.07 Å². The van der Waals surface area contributed by atoms with E-state index in [4.69, 9.17) is 0 Å². The summed E-state index contributed by atoms with van der Waals surface area (Å²) < 4.78 is 0. The molecule has 5 nitrogen and oxygen atoms in total. The van der Waals surface area contributed by atoms with Crippen molar-refractivity contribution in [1.29, 1.82) is 0 Å². The van der Waals surface area contributed by atoms with E-state index in [9.17, 15) is 5.53 Å². The fourth-order valence-electron chi connectivity index (χ4n) is 8.68. The standard InChI is InChI=1S/C51H37N5/c52-54-53-34-51-48-18-10-9-17-47(48)49-30-28-44(33-50(49)51)56(40-14-5-2-6-15-40)42-25-21-36(22-26-42)35-19-23-41(24-20-35)55(39-12-3-1-4-13-39)43-27-29-46-38(32-43)31-37-11-7-8-16-45(37)46/h1-30,32-33,51H,31,34H2. The first-order valence-corrected chi connectivity index (χ1v) is 19.1. The Labute approximate surface area is 327 Å². The summed E-state index contributed by atoms with van der Waals surface area (Å²) in [5, 5.41) is 4.01. The summed E-state index contributed by atoms with van der Waals surface area (Å²) in [4.78, 5) is 7.75. The van der Waals surface area contributed by atoms with Crippen LogP contribution in [0, 0.1) is 0 Å². The van der Waals surface area contributed by atoms with Crippen molar-refractivity contribution in [2.45, 2.75) is 12.3 Å². The van der Waals surface area contributed by atoms with Gasteiger partial charge >= 0.3 is 0 Å². The molecule has 0 saturated carbocycles. The zero-order valence-corrected chi connectivity index (χ0v) is 30.7. The molecule has 0 bridgehead atoms. The second-order valence-corrected chi connectivity index (χ2v) is 14.4. The van der Waals surface area contributed by atoms with E-state index in [2.05, 4.69) is 208 Å². The number of rotatable bonds is 9. The molecular formula is C51H37N5. The van der Waals surface area contributed by atoms with Gasteiger partial charge in [-0.1, -0.05) is 126 Å². The van der Waals surface area contributed by atoms with Crippen molar-refractivity contribution in [3.05, 3.63) is 227 Å². The SMILES string of the molecule is [N-]=[N+]=NCC1c2ccccc2-c2ccc(N(c3ccccc3)c3ccc(-c4ccc(N(c5ccccc5)c5ccc6c(c5)Cc5ccccc5-6)cc4)cc3)cc21. The third-order valence-corrected chi connectivity index (χ3v) is 11.3. The summed E-state index contributed by atoms with van der Waals surface area (Å²) in [6.07, 6.45) is 0.956. The Hall–Kier alpha value is -7.33. The molecule has 10 rings (SSSR count). The number of fused-ring (bicyclic) bond motifs is 6. The monoisotopic (exact) mass is 719 g/mol. The van der Waals surface area contributed by atoms with Crippen molar-refractivity contribution >= 4 is 34.1 Å². The predicted molar refractivity (Wildman–Crippen MR) is 231 cm³/mol. The van der Waals surface area contributed by atoms with Crippen LogP contribution in [0.4, 0.5) is 34.1 Å². The van der Waals surface area contributed by atoms with Gasteiger partial charge in [0.25, 0.3) is 0 Å². The van der Waals surface area contributed by atoms with Gasteiger partial charge in [0.15, 0.2) is 0 Å². The van der Waals surface area contributed by atoms with Gasteiger partial charge in [-0.05, 0) is 140 Å². The summed E-state index contributed by atoms with van der Waals surface area (Å²) in [5.41, 5.74) is 28.3. The van der Waals surface area contributed by atoms with Crippen LogP contribution in [-0.4, -0.2) is 6.54 Å². The van der Waals surface area contributed by atoms with Crippen LogP contribution in [0.3, 0.4) is 0 Å². The molecule has 0 aliphatic heterocycles. The van der Waals surface area contributed by atoms with Gasteiger partial charge in [0.2, 0.25) is 0 Å². The average molecular weight is 720 g/mol. The van der Waals surface area contributed by atoms with Crippen LogP contribution in [0.15, 0.2) is 199 Å². The lowest BCUT2D eigenvalue weighted by atomic mass is 9.96. The molecule has 5 heteroatoms. The van der Waals surface area contributed by atoms with E-state index in [-0.39, 0.29) is 5.92 Å². The van der Waals surface area contributed by atoms with Gasteiger partial charge < -0.3 is 9.80 Å². The molecule has 0 fully saturated rings. The zero-order valence-electron chi connectivity index (χ0n) is 30.7. The Bertz CT molecular complexity index is 2750. The van der Waals surface area contributed by atoms with E-state index in [0.29, 0.717) is 6.54 Å². The Morgan fingerprint density at radius 2 is 0.893 bits per heavy atom. The van der Waals surface area contributed by atoms with Crippen molar-refractivity contribution in [1.82, 2.24) is 0 Å². The largest absolute Gasteiger partial charge is 0.310 e. The lowest BCUT2D eigenvalue weighted by Gasteiger charge is -2.27. The first kappa shape index (κ1) is 33.3. The van der Waals surface area contributed by atoms with Crippen LogP contribution in [0.2, 0.25) is 0 Å². The van der Waals surface area contributed by atoms with Crippen molar-refractivity contribution in [3.63, 3.8) is 0 Å². The van der Waals surface area contributed by atoms with Gasteiger partial charge in [-0.15, -0.1) is 0 Å². The summed E-state index contributed by atoms with van der Waals surface area (Å²) >= 11 is 0. The minimum Gasteiger partial charge on any atom is -0.310 e. The molecular weight excluding hydrogens is 683 g/mol. The summed E-state index contributed by atoms with van der Waals surface area (Å²) in [5.74, 6) is 0.0117. The minimum atomic E-state index is 0.0117. The molecule has 0 heterocycles. The molecule has 8 aromatic carbocycles. The van der Waals surface area contributed by atoms with Crippen molar-refractivity contribution in [2.24, 2.45) is 5.11 Å². The molecule has 2 aliphatic rings. The maximum atomic E-state index is 9.20. The number of hydrogen-bond acceptors (Lipinski definition) is 3. The summed E-state index contributed by atoms with van der Waals surface area (Å²) in [6.45, 7) is 0.383. The van der Waals surface area contributed by atoms with E-state index < -0.39 is 0 Å². The van der Waals surface area contributed by atoms with Crippen LogP contribution < -0.4 is 9.80 Å². The van der Waals surface area contributed by atoms with Crippen LogP contribution in [-0.2, 0) is 6.42 Å². The Kier molecular flexibility index (Phi) is 8.40. The molecule has 2 aliphatic carbocycles. The first-order valence-electron chi connectivity index (χ1n) is 19.1. The number of benzene rings is 8. The molecule has 8 aromatic rings. The van der Waals surface area contributed by atoms with E-state index in [1.54, 1.807) is 0 Å². The fraction of sp³-hybridized carbons (Fsp3) is 0.0588. The third-order valence-electron chi connectivity index (χ3n) is 11.3.